The summed E-state index contributed by atoms with van der Waals surface area (Å²) in [6.07, 6.45) is 3.28. The standard InChI is InChI=1S/C6H12O2.C2H5.Ce/c1-2-3-4-5-6(7)8;1-2;/h2-5H2,1H3,(H,7,8);1H2,2H3;. The number of aliphatic carboxylic acids is 1. The van der Waals surface area contributed by atoms with Gasteiger partial charge in [0.1, 0.15) is 0 Å². The van der Waals surface area contributed by atoms with Crippen LogP contribution in [0, 0.1) is 39.6 Å². The number of carboxylic acid groups (broad SMARTS) is 1. The third-order valence-electron chi connectivity index (χ3n) is 0.994. The molecule has 0 amide bonds. The summed E-state index contributed by atoms with van der Waals surface area (Å²) < 4.78 is 1.39. The van der Waals surface area contributed by atoms with Crippen molar-refractivity contribution in [2.45, 2.75) is 41.5 Å². The number of carbonyl (C=O) groups is 1. The Morgan fingerprint density at radius 2 is 1.82 bits per heavy atom. The van der Waals surface area contributed by atoms with Gasteiger partial charge in [0, 0.05) is 6.42 Å². The van der Waals surface area contributed by atoms with Gasteiger partial charge in [0.15, 0.2) is 0 Å². The van der Waals surface area contributed by atoms with E-state index >= 15 is 0 Å². The zero-order chi connectivity index (χ0) is 9.11. The molecular formula is C8H17CeO2. The second-order valence-corrected chi connectivity index (χ2v) is 4.42. The summed E-state index contributed by atoms with van der Waals surface area (Å²) in [5, 5.41) is 8.14. The van der Waals surface area contributed by atoms with Gasteiger partial charge in [-0.05, 0) is 6.42 Å². The van der Waals surface area contributed by atoms with Crippen LogP contribution in [0.15, 0.2) is 0 Å². The van der Waals surface area contributed by atoms with Gasteiger partial charge in [0.2, 0.25) is 0 Å². The molecule has 65 valence electrons. The van der Waals surface area contributed by atoms with Crippen LogP contribution in [0.5, 0.6) is 0 Å². The van der Waals surface area contributed by atoms with E-state index in [1.165, 1.54) is 41.6 Å². The Morgan fingerprint density at radius 1 is 1.36 bits per heavy atom. The molecule has 0 bridgehead atoms. The number of hydrogen-bond donors (Lipinski definition) is 1. The molecule has 0 rings (SSSR count). The van der Waals surface area contributed by atoms with Gasteiger partial charge >= 0.3 is 54.5 Å². The van der Waals surface area contributed by atoms with E-state index in [0.29, 0.717) is 6.42 Å². The molecule has 0 radical (unpaired) electrons. The van der Waals surface area contributed by atoms with Crippen LogP contribution in [0.2, 0.25) is 1.94 Å². The molecule has 0 aromatic rings. The Hall–Kier alpha value is 0.847. The van der Waals surface area contributed by atoms with E-state index in [4.69, 9.17) is 5.11 Å². The third kappa shape index (κ3) is 24.8. The van der Waals surface area contributed by atoms with E-state index in [9.17, 15) is 4.79 Å². The topological polar surface area (TPSA) is 37.3 Å². The van der Waals surface area contributed by atoms with Gasteiger partial charge in [-0.2, -0.15) is 0 Å². The van der Waals surface area contributed by atoms with Crippen LogP contribution in [0.4, 0.5) is 0 Å². The molecule has 1 N–H and O–H groups in total. The molecule has 0 aliphatic rings. The van der Waals surface area contributed by atoms with Crippen molar-refractivity contribution in [2.75, 3.05) is 0 Å². The van der Waals surface area contributed by atoms with E-state index in [2.05, 4.69) is 13.8 Å². The fraction of sp³-hybridized carbons (Fsp3) is 0.875. The summed E-state index contributed by atoms with van der Waals surface area (Å²) in [6, 6.07) is 0. The molecule has 0 aliphatic heterocycles. The minimum atomic E-state index is -0.682. The van der Waals surface area contributed by atoms with Crippen LogP contribution in [0.3, 0.4) is 0 Å². The molecular weight excluding hydrogens is 268 g/mol. The van der Waals surface area contributed by atoms with Gasteiger partial charge in [-0.3, -0.25) is 4.79 Å². The van der Waals surface area contributed by atoms with Crippen molar-refractivity contribution in [3.05, 3.63) is 0 Å². The predicted molar refractivity (Wildman–Crippen MR) is 42.3 cm³/mol. The van der Waals surface area contributed by atoms with Crippen molar-refractivity contribution >= 4 is 5.97 Å². The van der Waals surface area contributed by atoms with E-state index in [1.807, 2.05) is 0 Å². The average Bonchev–Trinajstić information content (AvgIpc) is 1.89. The quantitative estimate of drug-likeness (QED) is 0.806. The molecule has 11 heavy (non-hydrogen) atoms. The first-order valence-electron chi connectivity index (χ1n) is 4.05. The zero-order valence-corrected chi connectivity index (χ0v) is 10.5. The van der Waals surface area contributed by atoms with Crippen LogP contribution in [0.1, 0.15) is 39.5 Å². The van der Waals surface area contributed by atoms with E-state index in [-0.39, 0.29) is 0 Å². The second kappa shape index (κ2) is 13.4. The molecule has 0 aromatic heterocycles. The summed E-state index contributed by atoms with van der Waals surface area (Å²) in [4.78, 5) is 9.87. The van der Waals surface area contributed by atoms with Gasteiger partial charge < -0.3 is 5.11 Å². The molecule has 2 nitrogen and oxygen atoms in total. The SMILES string of the molecule is CCCCCC(=O)O.C[CH2][Ce]. The van der Waals surface area contributed by atoms with Crippen LogP contribution in [0.25, 0.3) is 0 Å². The summed E-state index contributed by atoms with van der Waals surface area (Å²) >= 11 is 1.37. The van der Waals surface area contributed by atoms with Crippen molar-refractivity contribution in [1.29, 1.82) is 0 Å². The third-order valence-corrected chi connectivity index (χ3v) is 0.994. The molecule has 0 saturated heterocycles. The van der Waals surface area contributed by atoms with Crippen LogP contribution < -0.4 is 0 Å². The van der Waals surface area contributed by atoms with Crippen LogP contribution >= 0.6 is 0 Å². The molecule has 3 heteroatoms. The fourth-order valence-corrected chi connectivity index (χ4v) is 0.526. The summed E-state index contributed by atoms with van der Waals surface area (Å²) in [5.41, 5.74) is 0. The van der Waals surface area contributed by atoms with E-state index in [0.717, 1.165) is 19.3 Å². The number of rotatable bonds is 4. The van der Waals surface area contributed by atoms with E-state index in [1.54, 1.807) is 0 Å². The predicted octanol–water partition coefficient (Wildman–Crippen LogP) is 2.63. The Labute approximate surface area is 96.1 Å². The van der Waals surface area contributed by atoms with E-state index < -0.39 is 5.97 Å². The minimum absolute atomic E-state index is 0.327. The second-order valence-electron chi connectivity index (χ2n) is 2.20. The van der Waals surface area contributed by atoms with Crippen molar-refractivity contribution in [1.82, 2.24) is 0 Å². The Bertz CT molecular complexity index is 84.2. The molecule has 0 aliphatic carbocycles. The van der Waals surface area contributed by atoms with Gasteiger partial charge in [-0.1, -0.05) is 19.8 Å². The summed E-state index contributed by atoms with van der Waals surface area (Å²) in [7, 11) is 0. The van der Waals surface area contributed by atoms with Gasteiger partial charge in [-0.15, -0.1) is 0 Å². The van der Waals surface area contributed by atoms with Crippen molar-refractivity contribution in [2.24, 2.45) is 0 Å². The average molecular weight is 285 g/mol. The number of carboxylic acids is 1. The Balaban J connectivity index is 0. The van der Waals surface area contributed by atoms with Gasteiger partial charge in [-0.25, -0.2) is 0 Å². The molecule has 0 atom stereocenters. The molecule has 0 fully saturated rings. The summed E-state index contributed by atoms with van der Waals surface area (Å²) in [5.74, 6) is -0.682. The van der Waals surface area contributed by atoms with Gasteiger partial charge in [0.25, 0.3) is 0 Å². The fourth-order valence-electron chi connectivity index (χ4n) is 0.526. The Kier molecular flexibility index (Phi) is 17.6. The van der Waals surface area contributed by atoms with Crippen molar-refractivity contribution in [3.63, 3.8) is 0 Å². The maximum atomic E-state index is 9.87. The normalized spacial score (nSPS) is 8.09. The van der Waals surface area contributed by atoms with Gasteiger partial charge in [0.05, 0.1) is 0 Å². The first-order valence-corrected chi connectivity index (χ1v) is 6.27. The van der Waals surface area contributed by atoms with Crippen molar-refractivity contribution in [3.8, 4) is 0 Å². The monoisotopic (exact) mass is 285 g/mol. The molecule has 0 unspecified atom stereocenters. The molecule has 0 aromatic carbocycles. The molecule has 0 saturated carbocycles. The Morgan fingerprint density at radius 3 is 2.09 bits per heavy atom. The molecule has 0 heterocycles. The van der Waals surface area contributed by atoms with Crippen molar-refractivity contribution < 1.29 is 49.6 Å². The zero-order valence-electron chi connectivity index (χ0n) is 7.39. The summed E-state index contributed by atoms with van der Waals surface area (Å²) in [6.45, 7) is 4.24. The first kappa shape index (κ1) is 14.4. The first-order chi connectivity index (χ1) is 5.18. The number of hydrogen-bond acceptors (Lipinski definition) is 1. The molecule has 0 spiro atoms. The number of unbranched alkanes of at least 4 members (excludes halogenated alkanes) is 2. The van der Waals surface area contributed by atoms with Crippen LogP contribution in [-0.2, 0) is 4.79 Å². The van der Waals surface area contributed by atoms with Crippen LogP contribution in [-0.4, -0.2) is 11.1 Å². The maximum absolute atomic E-state index is 9.87.